The Hall–Kier alpha value is -3.05. The highest BCUT2D eigenvalue weighted by atomic mass is 35.5. The largest absolute Gasteiger partial charge is 0.449 e. The van der Waals surface area contributed by atoms with Gasteiger partial charge in [-0.05, 0) is 27.2 Å². The number of unbranched alkanes of at least 4 members (excludes halogenated alkanes) is 1. The van der Waals surface area contributed by atoms with Gasteiger partial charge in [-0.1, -0.05) is 55.3 Å². The van der Waals surface area contributed by atoms with Crippen LogP contribution in [0.4, 0.5) is 4.79 Å². The summed E-state index contributed by atoms with van der Waals surface area (Å²) in [6.07, 6.45) is 1.20. The molecule has 41 heavy (non-hydrogen) atoms. The molecular weight excluding hydrogens is 573 g/mol. The van der Waals surface area contributed by atoms with Gasteiger partial charge in [0.2, 0.25) is 5.28 Å². The molecule has 0 saturated carbocycles. The molecule has 1 N–H and O–H groups in total. The van der Waals surface area contributed by atoms with Crippen LogP contribution in [0.2, 0.25) is 5.15 Å². The molecule has 0 aliphatic carbocycles. The molecule has 0 bridgehead atoms. The van der Waals surface area contributed by atoms with Crippen LogP contribution >= 0.6 is 19.2 Å². The summed E-state index contributed by atoms with van der Waals surface area (Å²) in [4.78, 5) is 51.4. The van der Waals surface area contributed by atoms with E-state index in [4.69, 9.17) is 25.4 Å². The number of halogens is 1. The maximum atomic E-state index is 14.1. The van der Waals surface area contributed by atoms with Crippen molar-refractivity contribution in [3.8, 4) is 11.4 Å². The molecule has 1 aliphatic rings. The average molecular weight is 610 g/mol. The molecule has 3 amide bonds. The molecule has 0 spiro atoms. The van der Waals surface area contributed by atoms with Gasteiger partial charge in [0.05, 0.1) is 19.8 Å². The fourth-order valence-corrected chi connectivity index (χ4v) is 6.27. The summed E-state index contributed by atoms with van der Waals surface area (Å²) >= 11 is 6.22. The van der Waals surface area contributed by atoms with E-state index in [0.29, 0.717) is 12.2 Å². The van der Waals surface area contributed by atoms with Crippen molar-refractivity contribution in [1.82, 2.24) is 25.1 Å². The van der Waals surface area contributed by atoms with E-state index in [1.165, 1.54) is 22.8 Å². The minimum Gasteiger partial charge on any atom is -0.449 e. The molecule has 1 aromatic heterocycles. The Morgan fingerprint density at radius 3 is 2.20 bits per heavy atom. The lowest BCUT2D eigenvalue weighted by molar-refractivity contribution is -0.136. The van der Waals surface area contributed by atoms with E-state index < -0.39 is 30.8 Å². The van der Waals surface area contributed by atoms with Crippen molar-refractivity contribution in [2.75, 3.05) is 46.0 Å². The van der Waals surface area contributed by atoms with E-state index >= 15 is 0 Å². The van der Waals surface area contributed by atoms with Crippen molar-refractivity contribution in [3.63, 3.8) is 0 Å². The highest BCUT2D eigenvalue weighted by molar-refractivity contribution is 7.56. The second-order valence-corrected chi connectivity index (χ2v) is 12.2. The number of amides is 3. The minimum atomic E-state index is -4.28. The molecule has 1 aliphatic heterocycles. The predicted molar refractivity (Wildman–Crippen MR) is 154 cm³/mol. The summed E-state index contributed by atoms with van der Waals surface area (Å²) in [7, 11) is -4.28. The second-order valence-electron chi connectivity index (χ2n) is 9.37. The fraction of sp³-hybridized carbons (Fsp3) is 0.519. The van der Waals surface area contributed by atoms with Gasteiger partial charge in [-0.2, -0.15) is 0 Å². The van der Waals surface area contributed by atoms with Gasteiger partial charge in [-0.3, -0.25) is 14.2 Å². The molecule has 2 heterocycles. The van der Waals surface area contributed by atoms with Crippen molar-refractivity contribution in [3.05, 3.63) is 47.2 Å². The molecule has 12 nitrogen and oxygen atoms in total. The maximum absolute atomic E-state index is 14.1. The van der Waals surface area contributed by atoms with Crippen LogP contribution in [0.25, 0.3) is 11.4 Å². The SMILES string of the molecule is CCCCOC(=O)N1CCN(C(=O)[C@@](C)(NC(=O)c2cc(Cl)nc(-c3ccccc3)n2)P(=O)(OCC)OCC)CC1. The highest BCUT2D eigenvalue weighted by Gasteiger charge is 2.56. The first-order chi connectivity index (χ1) is 19.6. The van der Waals surface area contributed by atoms with Gasteiger partial charge in [-0.15, -0.1) is 0 Å². The number of rotatable bonds is 12. The van der Waals surface area contributed by atoms with Crippen LogP contribution in [-0.4, -0.2) is 89.0 Å². The third kappa shape index (κ3) is 7.82. The fourth-order valence-electron chi connectivity index (χ4n) is 4.20. The number of carbonyl (C=O) groups excluding carboxylic acids is 3. The molecule has 2 aromatic rings. The molecule has 1 atom stereocenters. The van der Waals surface area contributed by atoms with Crippen LogP contribution < -0.4 is 5.32 Å². The summed E-state index contributed by atoms with van der Waals surface area (Å²) in [6, 6.07) is 10.2. The molecule has 0 radical (unpaired) electrons. The van der Waals surface area contributed by atoms with E-state index in [9.17, 15) is 18.9 Å². The number of carbonyl (C=O) groups is 3. The Kier molecular flexibility index (Phi) is 11.7. The first-order valence-electron chi connectivity index (χ1n) is 13.6. The number of piperazine rings is 1. The van der Waals surface area contributed by atoms with E-state index in [-0.39, 0.29) is 56.1 Å². The van der Waals surface area contributed by atoms with Gasteiger partial charge in [0.25, 0.3) is 11.8 Å². The quantitative estimate of drug-likeness (QED) is 0.208. The van der Waals surface area contributed by atoms with E-state index in [1.807, 2.05) is 13.0 Å². The normalized spacial score (nSPS) is 15.2. The standard InChI is InChI=1S/C27H37ClN5O7P/c1-5-8-18-38-26(36)33-16-14-32(15-17-33)25(35)27(4,41(37,39-6-2)40-7-3)31-24(34)21-19-22(28)30-23(29-21)20-12-10-9-11-13-20/h9-13,19H,5-8,14-18H2,1-4H3,(H,31,34)/t27-/m0/s1. The molecule has 1 fully saturated rings. The number of aromatic nitrogens is 2. The first kappa shape index (κ1) is 32.5. The Balaban J connectivity index is 1.88. The molecule has 0 unspecified atom stereocenters. The highest BCUT2D eigenvalue weighted by Crippen LogP contribution is 2.59. The van der Waals surface area contributed by atoms with Gasteiger partial charge in [-0.25, -0.2) is 14.8 Å². The monoisotopic (exact) mass is 609 g/mol. The Labute approximate surface area is 245 Å². The Morgan fingerprint density at radius 2 is 1.61 bits per heavy atom. The molecule has 224 valence electrons. The topological polar surface area (TPSA) is 140 Å². The molecule has 14 heteroatoms. The Bertz CT molecular complexity index is 1250. The number of nitrogens with zero attached hydrogens (tertiary/aromatic N) is 4. The van der Waals surface area contributed by atoms with Crippen LogP contribution in [0.1, 0.15) is 51.0 Å². The summed E-state index contributed by atoms with van der Waals surface area (Å²) in [5.41, 5.74) is 0.491. The van der Waals surface area contributed by atoms with Crippen LogP contribution in [0.3, 0.4) is 0 Å². The lowest BCUT2D eigenvalue weighted by atomic mass is 10.2. The van der Waals surface area contributed by atoms with Crippen LogP contribution in [0.5, 0.6) is 0 Å². The predicted octanol–water partition coefficient (Wildman–Crippen LogP) is 4.59. The smallest absolute Gasteiger partial charge is 0.409 e. The van der Waals surface area contributed by atoms with Crippen molar-refractivity contribution in [2.45, 2.75) is 45.8 Å². The second kappa shape index (κ2) is 14.7. The lowest BCUT2D eigenvalue weighted by Gasteiger charge is -2.41. The van der Waals surface area contributed by atoms with Crippen LogP contribution in [0, 0.1) is 0 Å². The maximum Gasteiger partial charge on any atom is 0.409 e. The van der Waals surface area contributed by atoms with Crippen molar-refractivity contribution >= 4 is 37.1 Å². The molecule has 3 rings (SSSR count). The molecule has 1 aromatic carbocycles. The zero-order valence-corrected chi connectivity index (χ0v) is 25.5. The van der Waals surface area contributed by atoms with E-state index in [2.05, 4.69) is 15.3 Å². The number of benzene rings is 1. The van der Waals surface area contributed by atoms with Gasteiger partial charge in [0.1, 0.15) is 10.8 Å². The molecule has 1 saturated heterocycles. The Morgan fingerprint density at radius 1 is 1.00 bits per heavy atom. The van der Waals surface area contributed by atoms with Gasteiger partial charge >= 0.3 is 13.7 Å². The third-order valence-corrected chi connectivity index (χ3v) is 9.22. The first-order valence-corrected chi connectivity index (χ1v) is 15.5. The van der Waals surface area contributed by atoms with Crippen molar-refractivity contribution in [1.29, 1.82) is 0 Å². The number of hydrogen-bond acceptors (Lipinski definition) is 9. The van der Waals surface area contributed by atoms with E-state index in [1.54, 1.807) is 38.1 Å². The van der Waals surface area contributed by atoms with Crippen molar-refractivity contribution < 1.29 is 32.7 Å². The number of hydrogen-bond donors (Lipinski definition) is 1. The van der Waals surface area contributed by atoms with Gasteiger partial charge in [0, 0.05) is 37.8 Å². The number of ether oxygens (including phenoxy) is 1. The van der Waals surface area contributed by atoms with E-state index in [0.717, 1.165) is 12.8 Å². The number of nitrogens with one attached hydrogen (secondary N) is 1. The summed E-state index contributed by atoms with van der Waals surface area (Å²) in [6.45, 7) is 7.44. The zero-order chi connectivity index (χ0) is 30.0. The summed E-state index contributed by atoms with van der Waals surface area (Å²) < 4.78 is 30.5. The van der Waals surface area contributed by atoms with Gasteiger partial charge < -0.3 is 28.9 Å². The zero-order valence-electron chi connectivity index (χ0n) is 23.8. The lowest BCUT2D eigenvalue weighted by Crippen LogP contribution is -2.61. The van der Waals surface area contributed by atoms with Crippen LogP contribution in [-0.2, 0) is 23.1 Å². The summed E-state index contributed by atoms with van der Waals surface area (Å²) in [5, 5.41) is 0.484. The average Bonchev–Trinajstić information content (AvgIpc) is 2.97. The molecular formula is C27H37ClN5O7P. The summed E-state index contributed by atoms with van der Waals surface area (Å²) in [5.74, 6) is -1.30. The van der Waals surface area contributed by atoms with Crippen LogP contribution in [0.15, 0.2) is 36.4 Å². The van der Waals surface area contributed by atoms with Gasteiger partial charge in [0.15, 0.2) is 5.82 Å². The van der Waals surface area contributed by atoms with Crippen molar-refractivity contribution in [2.24, 2.45) is 0 Å². The third-order valence-electron chi connectivity index (χ3n) is 6.43. The minimum absolute atomic E-state index is 0.0109.